The molecule has 10 nitrogen and oxygen atoms in total. The Balaban J connectivity index is 1.57. The van der Waals surface area contributed by atoms with Crippen LogP contribution in [0.4, 0.5) is 4.79 Å². The Morgan fingerprint density at radius 1 is 1.08 bits per heavy atom. The van der Waals surface area contributed by atoms with E-state index in [1.807, 2.05) is 12.1 Å². The third-order valence-corrected chi connectivity index (χ3v) is 7.58. The van der Waals surface area contributed by atoms with Crippen molar-refractivity contribution < 1.29 is 23.9 Å². The molecule has 4 rings (SSSR count). The van der Waals surface area contributed by atoms with Gasteiger partial charge in [-0.3, -0.25) is 14.6 Å². The normalized spacial score (nSPS) is 22.9. The Kier molecular flexibility index (Phi) is 8.15. The fourth-order valence-corrected chi connectivity index (χ4v) is 5.58. The highest BCUT2D eigenvalue weighted by molar-refractivity contribution is 5.95. The number of nitrogens with zero attached hydrogens (tertiary/aromatic N) is 2. The molecule has 4 N–H and O–H groups in total. The molecule has 1 atom stereocenters. The molecule has 0 aromatic heterocycles. The summed E-state index contributed by atoms with van der Waals surface area (Å²) >= 11 is 0. The molecule has 2 saturated heterocycles. The first-order chi connectivity index (χ1) is 17.4. The van der Waals surface area contributed by atoms with Gasteiger partial charge in [0, 0.05) is 25.3 Å². The van der Waals surface area contributed by atoms with Crippen LogP contribution >= 0.6 is 0 Å². The number of carbonyl (C=O) groups excluding carboxylic acids is 3. The van der Waals surface area contributed by atoms with Crippen molar-refractivity contribution in [2.75, 3.05) is 46.4 Å². The Hall–Kier alpha value is -3.11. The van der Waals surface area contributed by atoms with Gasteiger partial charge >= 0.3 is 12.0 Å². The summed E-state index contributed by atoms with van der Waals surface area (Å²) in [6, 6.07) is 6.21. The SMILES string of the molecule is CCOC(=O)C1=C(CN2CCC(C(N)=O)(N3CCCCC3)CC2)NC(=O)NC1c1ccc(OC)cc1. The van der Waals surface area contributed by atoms with E-state index in [2.05, 4.69) is 20.4 Å². The van der Waals surface area contributed by atoms with Gasteiger partial charge in [0.2, 0.25) is 5.91 Å². The maximum absolute atomic E-state index is 13.1. The molecule has 3 aliphatic rings. The van der Waals surface area contributed by atoms with E-state index in [-0.39, 0.29) is 18.5 Å². The molecule has 1 unspecified atom stereocenters. The van der Waals surface area contributed by atoms with Gasteiger partial charge in [-0.2, -0.15) is 0 Å². The summed E-state index contributed by atoms with van der Waals surface area (Å²) in [6.45, 7) is 5.40. The Morgan fingerprint density at radius 2 is 1.75 bits per heavy atom. The molecule has 0 spiro atoms. The van der Waals surface area contributed by atoms with Crippen LogP contribution in [-0.4, -0.2) is 79.7 Å². The quantitative estimate of drug-likeness (QED) is 0.465. The Morgan fingerprint density at radius 3 is 2.33 bits per heavy atom. The number of urea groups is 1. The minimum Gasteiger partial charge on any atom is -0.497 e. The van der Waals surface area contributed by atoms with Crippen LogP contribution < -0.4 is 21.1 Å². The fourth-order valence-electron chi connectivity index (χ4n) is 5.58. The third kappa shape index (κ3) is 5.34. The molecular formula is C26H37N5O5. The van der Waals surface area contributed by atoms with Gasteiger partial charge in [0.1, 0.15) is 11.3 Å². The van der Waals surface area contributed by atoms with Crippen molar-refractivity contribution in [2.24, 2.45) is 5.73 Å². The molecule has 0 bridgehead atoms. The van der Waals surface area contributed by atoms with E-state index in [1.54, 1.807) is 26.2 Å². The average molecular weight is 500 g/mol. The first-order valence-corrected chi connectivity index (χ1v) is 12.8. The molecule has 1 aromatic rings. The van der Waals surface area contributed by atoms with Crippen LogP contribution in [0.15, 0.2) is 35.5 Å². The van der Waals surface area contributed by atoms with E-state index in [1.165, 1.54) is 6.42 Å². The smallest absolute Gasteiger partial charge is 0.338 e. The van der Waals surface area contributed by atoms with Gasteiger partial charge in [-0.15, -0.1) is 0 Å². The second-order valence-corrected chi connectivity index (χ2v) is 9.64. The maximum Gasteiger partial charge on any atom is 0.338 e. The number of primary amides is 1. The number of methoxy groups -OCH3 is 1. The van der Waals surface area contributed by atoms with Crippen LogP contribution in [-0.2, 0) is 14.3 Å². The zero-order valence-corrected chi connectivity index (χ0v) is 21.2. The Labute approximate surface area is 212 Å². The lowest BCUT2D eigenvalue weighted by Gasteiger charge is -2.48. The first-order valence-electron chi connectivity index (χ1n) is 12.8. The van der Waals surface area contributed by atoms with Gasteiger partial charge < -0.3 is 25.8 Å². The zero-order valence-electron chi connectivity index (χ0n) is 21.2. The summed E-state index contributed by atoms with van der Waals surface area (Å²) in [6.07, 6.45) is 4.60. The molecule has 1 aromatic carbocycles. The number of rotatable bonds is 8. The monoisotopic (exact) mass is 499 g/mol. The molecule has 3 heterocycles. The zero-order chi connectivity index (χ0) is 25.7. The highest BCUT2D eigenvalue weighted by atomic mass is 16.5. The number of hydrogen-bond acceptors (Lipinski definition) is 7. The first kappa shape index (κ1) is 26.0. The molecule has 2 fully saturated rings. The molecule has 0 radical (unpaired) electrons. The van der Waals surface area contributed by atoms with Crippen LogP contribution in [0.5, 0.6) is 5.75 Å². The van der Waals surface area contributed by atoms with E-state index in [4.69, 9.17) is 15.2 Å². The van der Waals surface area contributed by atoms with Crippen molar-refractivity contribution in [1.29, 1.82) is 0 Å². The van der Waals surface area contributed by atoms with Crippen LogP contribution in [0, 0.1) is 0 Å². The minimum absolute atomic E-state index is 0.222. The summed E-state index contributed by atoms with van der Waals surface area (Å²) in [5.74, 6) is -0.0521. The molecule has 0 aliphatic carbocycles. The number of likely N-dealkylation sites (tertiary alicyclic amines) is 2. The van der Waals surface area contributed by atoms with Crippen LogP contribution in [0.3, 0.4) is 0 Å². The number of ether oxygens (including phenoxy) is 2. The molecular weight excluding hydrogens is 462 g/mol. The second kappa shape index (κ2) is 11.3. The van der Waals surface area contributed by atoms with Gasteiger partial charge in [0.15, 0.2) is 0 Å². The number of hydrogen-bond donors (Lipinski definition) is 3. The number of nitrogens with two attached hydrogens (primary N) is 1. The topological polar surface area (TPSA) is 126 Å². The molecule has 0 saturated carbocycles. The minimum atomic E-state index is -0.651. The maximum atomic E-state index is 13.1. The lowest BCUT2D eigenvalue weighted by Crippen LogP contribution is -2.63. The lowest BCUT2D eigenvalue weighted by atomic mass is 9.83. The molecule has 3 aliphatic heterocycles. The van der Waals surface area contributed by atoms with Gasteiger partial charge in [-0.05, 0) is 63.4 Å². The predicted octanol–water partition coefficient (Wildman–Crippen LogP) is 1.67. The van der Waals surface area contributed by atoms with Gasteiger partial charge in [0.25, 0.3) is 0 Å². The van der Waals surface area contributed by atoms with Crippen molar-refractivity contribution >= 4 is 17.9 Å². The number of carbonyl (C=O) groups is 3. The van der Waals surface area contributed by atoms with E-state index >= 15 is 0 Å². The summed E-state index contributed by atoms with van der Waals surface area (Å²) in [7, 11) is 1.58. The highest BCUT2D eigenvalue weighted by Crippen LogP contribution is 2.33. The number of benzene rings is 1. The van der Waals surface area contributed by atoms with Crippen molar-refractivity contribution in [2.45, 2.75) is 50.6 Å². The number of esters is 1. The second-order valence-electron chi connectivity index (χ2n) is 9.64. The van der Waals surface area contributed by atoms with Gasteiger partial charge in [-0.25, -0.2) is 9.59 Å². The molecule has 196 valence electrons. The van der Waals surface area contributed by atoms with Crippen molar-refractivity contribution in [1.82, 2.24) is 20.4 Å². The number of nitrogens with one attached hydrogen (secondary N) is 2. The summed E-state index contributed by atoms with van der Waals surface area (Å²) in [5, 5.41) is 5.70. The van der Waals surface area contributed by atoms with Crippen LogP contribution in [0.2, 0.25) is 0 Å². The number of piperidine rings is 2. The van der Waals surface area contributed by atoms with E-state index in [9.17, 15) is 14.4 Å². The van der Waals surface area contributed by atoms with Gasteiger partial charge in [0.05, 0.1) is 25.3 Å². The van der Waals surface area contributed by atoms with Crippen molar-refractivity contribution in [3.8, 4) is 5.75 Å². The van der Waals surface area contributed by atoms with Gasteiger partial charge in [-0.1, -0.05) is 18.6 Å². The Bertz CT molecular complexity index is 994. The average Bonchev–Trinajstić information content (AvgIpc) is 2.89. The fraction of sp³-hybridized carbons (Fsp3) is 0.577. The summed E-state index contributed by atoms with van der Waals surface area (Å²) < 4.78 is 10.6. The van der Waals surface area contributed by atoms with E-state index in [0.717, 1.165) is 31.5 Å². The van der Waals surface area contributed by atoms with E-state index < -0.39 is 17.6 Å². The highest BCUT2D eigenvalue weighted by Gasteiger charge is 2.45. The van der Waals surface area contributed by atoms with Crippen molar-refractivity contribution in [3.63, 3.8) is 0 Å². The molecule has 3 amide bonds. The summed E-state index contributed by atoms with van der Waals surface area (Å²) in [4.78, 5) is 42.7. The summed E-state index contributed by atoms with van der Waals surface area (Å²) in [5.41, 5.74) is 6.96. The lowest BCUT2D eigenvalue weighted by molar-refractivity contribution is -0.139. The van der Waals surface area contributed by atoms with Crippen LogP contribution in [0.1, 0.15) is 50.6 Å². The largest absolute Gasteiger partial charge is 0.497 e. The van der Waals surface area contributed by atoms with Crippen molar-refractivity contribution in [3.05, 3.63) is 41.1 Å². The number of amides is 3. The molecule has 10 heteroatoms. The third-order valence-electron chi connectivity index (χ3n) is 7.58. The standard InChI is InChI=1S/C26H37N5O5/c1-3-36-23(32)21-20(28-25(34)29-22(21)18-7-9-19(35-2)10-8-18)17-30-15-11-26(12-16-30,24(27)33)31-13-5-4-6-14-31/h7-10,22H,3-6,11-17H2,1-2H3,(H2,27,33)(H2,28,29,34). The van der Waals surface area contributed by atoms with E-state index in [0.29, 0.717) is 49.5 Å². The molecule has 36 heavy (non-hydrogen) atoms. The van der Waals surface area contributed by atoms with Crippen LogP contribution in [0.25, 0.3) is 0 Å². The predicted molar refractivity (Wildman–Crippen MR) is 134 cm³/mol.